The molecule has 144 valence electrons. The molecular formula is C21H23N5OS. The fourth-order valence-corrected chi connectivity index (χ4v) is 3.02. The number of nitrogens with zero attached hydrogens (tertiary/aromatic N) is 2. The fourth-order valence-electron chi connectivity index (χ4n) is 2.74. The van der Waals surface area contributed by atoms with Gasteiger partial charge in [0.2, 0.25) is 0 Å². The number of hydrazine groups is 1. The van der Waals surface area contributed by atoms with Gasteiger partial charge in [0.05, 0.1) is 11.3 Å². The molecule has 0 bridgehead atoms. The van der Waals surface area contributed by atoms with Crippen LogP contribution in [-0.4, -0.2) is 26.8 Å². The molecule has 0 saturated heterocycles. The summed E-state index contributed by atoms with van der Waals surface area (Å²) in [4.78, 5) is 12.8. The van der Waals surface area contributed by atoms with Gasteiger partial charge in [-0.1, -0.05) is 42.0 Å². The zero-order valence-electron chi connectivity index (χ0n) is 16.1. The Balaban J connectivity index is 1.93. The van der Waals surface area contributed by atoms with Gasteiger partial charge in [0.1, 0.15) is 5.69 Å². The minimum Gasteiger partial charge on any atom is -0.359 e. The molecule has 0 saturated carbocycles. The zero-order chi connectivity index (χ0) is 20.1. The van der Waals surface area contributed by atoms with Crippen molar-refractivity contribution >= 4 is 23.2 Å². The van der Waals surface area contributed by atoms with Crippen LogP contribution in [0.3, 0.4) is 0 Å². The molecule has 6 nitrogen and oxygen atoms in total. The predicted octanol–water partition coefficient (Wildman–Crippen LogP) is 3.37. The molecule has 0 atom stereocenters. The number of amides is 1. The number of nitrogens with one attached hydrogen (secondary N) is 3. The Morgan fingerprint density at radius 2 is 1.82 bits per heavy atom. The first-order chi connectivity index (χ1) is 13.4. The lowest BCUT2D eigenvalue weighted by atomic mass is 10.1. The number of rotatable bonds is 4. The van der Waals surface area contributed by atoms with Gasteiger partial charge in [-0.3, -0.25) is 15.6 Å². The van der Waals surface area contributed by atoms with E-state index in [4.69, 9.17) is 12.2 Å². The van der Waals surface area contributed by atoms with E-state index >= 15 is 0 Å². The SMILES string of the molecule is Cc1cccc(-c2nn(-c3ccccc3)cc2C(=O)NNC(=S)NC(C)C)c1. The monoisotopic (exact) mass is 393 g/mol. The normalized spacial score (nSPS) is 10.6. The number of thiocarbonyl (C=S) groups is 1. The average molecular weight is 394 g/mol. The summed E-state index contributed by atoms with van der Waals surface area (Å²) in [5.74, 6) is -0.313. The molecular weight excluding hydrogens is 370 g/mol. The average Bonchev–Trinajstić information content (AvgIpc) is 3.12. The zero-order valence-corrected chi connectivity index (χ0v) is 16.9. The van der Waals surface area contributed by atoms with Gasteiger partial charge in [0.25, 0.3) is 5.91 Å². The van der Waals surface area contributed by atoms with E-state index in [1.165, 1.54) is 0 Å². The highest BCUT2D eigenvalue weighted by molar-refractivity contribution is 7.80. The third-order valence-electron chi connectivity index (χ3n) is 3.98. The summed E-state index contributed by atoms with van der Waals surface area (Å²) in [6.07, 6.45) is 1.73. The summed E-state index contributed by atoms with van der Waals surface area (Å²) < 4.78 is 1.71. The van der Waals surface area contributed by atoms with Crippen molar-refractivity contribution in [3.63, 3.8) is 0 Å². The quantitative estimate of drug-likeness (QED) is 0.468. The van der Waals surface area contributed by atoms with Crippen LogP contribution in [0.4, 0.5) is 0 Å². The van der Waals surface area contributed by atoms with Gasteiger partial charge in [-0.05, 0) is 51.2 Å². The Labute approximate surface area is 169 Å². The van der Waals surface area contributed by atoms with Crippen molar-refractivity contribution in [3.8, 4) is 16.9 Å². The molecule has 0 aliphatic heterocycles. The lowest BCUT2D eigenvalue weighted by Gasteiger charge is -2.13. The van der Waals surface area contributed by atoms with E-state index in [9.17, 15) is 4.79 Å². The van der Waals surface area contributed by atoms with Crippen LogP contribution >= 0.6 is 12.2 Å². The van der Waals surface area contributed by atoms with Crippen LogP contribution in [0, 0.1) is 6.92 Å². The summed E-state index contributed by atoms with van der Waals surface area (Å²) in [6, 6.07) is 17.8. The Hall–Kier alpha value is -3.19. The van der Waals surface area contributed by atoms with Gasteiger partial charge in [-0.2, -0.15) is 5.10 Å². The molecule has 0 fully saturated rings. The lowest BCUT2D eigenvalue weighted by Crippen LogP contribution is -2.48. The van der Waals surface area contributed by atoms with E-state index in [0.717, 1.165) is 16.8 Å². The highest BCUT2D eigenvalue weighted by atomic mass is 32.1. The van der Waals surface area contributed by atoms with Crippen LogP contribution in [0.1, 0.15) is 29.8 Å². The van der Waals surface area contributed by atoms with Crippen LogP contribution in [0.2, 0.25) is 0 Å². The minimum atomic E-state index is -0.313. The number of para-hydroxylation sites is 1. The first-order valence-corrected chi connectivity index (χ1v) is 9.44. The number of carbonyl (C=O) groups is 1. The maximum Gasteiger partial charge on any atom is 0.273 e. The van der Waals surface area contributed by atoms with Gasteiger partial charge in [-0.15, -0.1) is 0 Å². The van der Waals surface area contributed by atoms with Crippen LogP contribution in [0.5, 0.6) is 0 Å². The number of carbonyl (C=O) groups excluding carboxylic acids is 1. The second-order valence-corrected chi connectivity index (χ2v) is 7.16. The maximum absolute atomic E-state index is 12.8. The van der Waals surface area contributed by atoms with E-state index in [0.29, 0.717) is 16.4 Å². The standard InChI is InChI=1S/C21H23N5OS/c1-14(2)22-21(28)24-23-20(27)18-13-26(17-10-5-4-6-11-17)25-19(18)16-9-7-8-15(3)12-16/h4-14H,1-3H3,(H,23,27)(H2,22,24,28). The number of benzene rings is 2. The maximum atomic E-state index is 12.8. The van der Waals surface area contributed by atoms with Crippen LogP contribution in [0.15, 0.2) is 60.8 Å². The molecule has 0 radical (unpaired) electrons. The van der Waals surface area contributed by atoms with Crippen molar-refractivity contribution in [1.82, 2.24) is 25.9 Å². The fraction of sp³-hybridized carbons (Fsp3) is 0.190. The summed E-state index contributed by atoms with van der Waals surface area (Å²) in [5, 5.41) is 8.04. The summed E-state index contributed by atoms with van der Waals surface area (Å²) in [5.41, 5.74) is 9.29. The van der Waals surface area contributed by atoms with E-state index in [1.807, 2.05) is 75.4 Å². The van der Waals surface area contributed by atoms with Gasteiger partial charge < -0.3 is 5.32 Å². The Kier molecular flexibility index (Phi) is 6.06. The van der Waals surface area contributed by atoms with Crippen LogP contribution < -0.4 is 16.2 Å². The van der Waals surface area contributed by atoms with Crippen molar-refractivity contribution in [2.45, 2.75) is 26.8 Å². The largest absolute Gasteiger partial charge is 0.359 e. The van der Waals surface area contributed by atoms with Crippen molar-refractivity contribution in [1.29, 1.82) is 0 Å². The number of hydrogen-bond donors (Lipinski definition) is 3. The Bertz CT molecular complexity index is 981. The van der Waals surface area contributed by atoms with Crippen molar-refractivity contribution < 1.29 is 4.79 Å². The Morgan fingerprint density at radius 1 is 1.07 bits per heavy atom. The van der Waals surface area contributed by atoms with Crippen LogP contribution in [-0.2, 0) is 0 Å². The minimum absolute atomic E-state index is 0.167. The number of hydrogen-bond acceptors (Lipinski definition) is 3. The highest BCUT2D eigenvalue weighted by Crippen LogP contribution is 2.24. The van der Waals surface area contributed by atoms with E-state index < -0.39 is 0 Å². The number of aryl methyl sites for hydroxylation is 1. The molecule has 3 rings (SSSR count). The van der Waals surface area contributed by atoms with Crippen molar-refractivity contribution in [2.75, 3.05) is 0 Å². The molecule has 7 heteroatoms. The molecule has 28 heavy (non-hydrogen) atoms. The number of aromatic nitrogens is 2. The summed E-state index contributed by atoms with van der Waals surface area (Å²) >= 11 is 5.17. The van der Waals surface area contributed by atoms with Gasteiger partial charge in [0.15, 0.2) is 5.11 Å². The highest BCUT2D eigenvalue weighted by Gasteiger charge is 2.19. The van der Waals surface area contributed by atoms with E-state index in [2.05, 4.69) is 21.3 Å². The second-order valence-electron chi connectivity index (χ2n) is 6.75. The molecule has 2 aromatic carbocycles. The topological polar surface area (TPSA) is 71.0 Å². The van der Waals surface area contributed by atoms with Crippen molar-refractivity contribution in [3.05, 3.63) is 71.9 Å². The van der Waals surface area contributed by atoms with Crippen LogP contribution in [0.25, 0.3) is 16.9 Å². The molecule has 1 amide bonds. The van der Waals surface area contributed by atoms with E-state index in [1.54, 1.807) is 10.9 Å². The summed E-state index contributed by atoms with van der Waals surface area (Å²) in [6.45, 7) is 5.94. The smallest absolute Gasteiger partial charge is 0.273 e. The predicted molar refractivity (Wildman–Crippen MR) is 115 cm³/mol. The lowest BCUT2D eigenvalue weighted by molar-refractivity contribution is 0.0944. The molecule has 0 unspecified atom stereocenters. The first-order valence-electron chi connectivity index (χ1n) is 9.03. The molecule has 1 aromatic heterocycles. The molecule has 1 heterocycles. The molecule has 0 aliphatic rings. The molecule has 0 spiro atoms. The Morgan fingerprint density at radius 3 is 2.50 bits per heavy atom. The molecule has 0 aliphatic carbocycles. The third kappa shape index (κ3) is 4.75. The first kappa shape index (κ1) is 19.6. The summed E-state index contributed by atoms with van der Waals surface area (Å²) in [7, 11) is 0. The van der Waals surface area contributed by atoms with Gasteiger partial charge in [-0.25, -0.2) is 4.68 Å². The van der Waals surface area contributed by atoms with Gasteiger partial charge in [0, 0.05) is 17.8 Å². The third-order valence-corrected chi connectivity index (χ3v) is 4.20. The van der Waals surface area contributed by atoms with Gasteiger partial charge >= 0.3 is 0 Å². The molecule has 3 N–H and O–H groups in total. The second kappa shape index (κ2) is 8.67. The molecule has 3 aromatic rings. The van der Waals surface area contributed by atoms with Crippen molar-refractivity contribution in [2.24, 2.45) is 0 Å². The van der Waals surface area contributed by atoms with E-state index in [-0.39, 0.29) is 11.9 Å².